The minimum Gasteiger partial charge on any atom is -0.394 e. The fourth-order valence-electron chi connectivity index (χ4n) is 2.04. The molecule has 1 saturated heterocycles. The Morgan fingerprint density at radius 1 is 1.37 bits per heavy atom. The van der Waals surface area contributed by atoms with Gasteiger partial charge in [-0.15, -0.1) is 0 Å². The van der Waals surface area contributed by atoms with Gasteiger partial charge in [0.05, 0.1) is 12.7 Å². The van der Waals surface area contributed by atoms with Crippen LogP contribution in [0, 0.1) is 5.92 Å². The lowest BCUT2D eigenvalue weighted by atomic mass is 9.91. The molecule has 0 bridgehead atoms. The highest BCUT2D eigenvalue weighted by Gasteiger charge is 2.56. The third kappa shape index (κ3) is 2.76. The molecule has 0 amide bonds. The summed E-state index contributed by atoms with van der Waals surface area (Å²) in [7, 11) is 0. The van der Waals surface area contributed by atoms with Crippen LogP contribution in [-0.4, -0.2) is 45.2 Å². The summed E-state index contributed by atoms with van der Waals surface area (Å²) in [5.74, 6) is -1.97. The Labute approximate surface area is 119 Å². The van der Waals surface area contributed by atoms with Crippen LogP contribution in [0.1, 0.15) is 10.4 Å². The second kappa shape index (κ2) is 5.36. The van der Waals surface area contributed by atoms with Gasteiger partial charge in [0.2, 0.25) is 0 Å². The fraction of sp³-hybridized carbons (Fsp3) is 0.417. The average molecular weight is 307 g/mol. The lowest BCUT2D eigenvalue weighted by Gasteiger charge is -2.21. The zero-order valence-corrected chi connectivity index (χ0v) is 11.2. The van der Waals surface area contributed by atoms with Crippen LogP contribution in [0.15, 0.2) is 24.3 Å². The van der Waals surface area contributed by atoms with Gasteiger partial charge in [0.25, 0.3) is 5.25 Å². The van der Waals surface area contributed by atoms with Crippen molar-refractivity contribution in [1.82, 2.24) is 0 Å². The number of carbonyl (C=O) groups is 1. The van der Waals surface area contributed by atoms with Crippen LogP contribution in [-0.2, 0) is 4.74 Å². The highest BCUT2D eigenvalue weighted by molar-refractivity contribution is 6.30. The number of carbonyl (C=O) groups excluding carboxylic acids is 1. The normalized spacial score (nSPS) is 34.5. The second-order valence-corrected chi connectivity index (χ2v) is 5.27. The molecule has 104 valence electrons. The van der Waals surface area contributed by atoms with Crippen molar-refractivity contribution in [3.05, 3.63) is 34.9 Å². The minimum atomic E-state index is -2.34. The van der Waals surface area contributed by atoms with E-state index < -0.39 is 35.8 Å². The van der Waals surface area contributed by atoms with Crippen LogP contribution in [0.5, 0.6) is 0 Å². The lowest BCUT2D eigenvalue weighted by Crippen LogP contribution is -2.39. The van der Waals surface area contributed by atoms with Crippen LogP contribution >= 0.6 is 23.2 Å². The number of ketones is 1. The Morgan fingerprint density at radius 3 is 2.42 bits per heavy atom. The highest BCUT2D eigenvalue weighted by Crippen LogP contribution is 2.39. The smallest absolute Gasteiger partial charge is 0.259 e. The van der Waals surface area contributed by atoms with Crippen molar-refractivity contribution in [2.24, 2.45) is 5.92 Å². The molecule has 0 spiro atoms. The van der Waals surface area contributed by atoms with Crippen LogP contribution in [0.3, 0.4) is 0 Å². The van der Waals surface area contributed by atoms with E-state index in [1.807, 2.05) is 0 Å². The molecule has 0 saturated carbocycles. The summed E-state index contributed by atoms with van der Waals surface area (Å²) >= 11 is 11.4. The SMILES string of the molecule is O=C(c1ccc(Cl)cc1)[C@@H]1[C@H](O)[C@@H](CO)OC1(O)Cl. The van der Waals surface area contributed by atoms with Crippen molar-refractivity contribution in [3.8, 4) is 0 Å². The Kier molecular flexibility index (Phi) is 4.15. The molecule has 0 aromatic heterocycles. The Morgan fingerprint density at radius 2 is 1.95 bits per heavy atom. The van der Waals surface area contributed by atoms with Crippen molar-refractivity contribution in [3.63, 3.8) is 0 Å². The number of Topliss-reactive ketones (excluding diaryl/α,β-unsaturated/α-hetero) is 1. The van der Waals surface area contributed by atoms with Gasteiger partial charge in [-0.25, -0.2) is 0 Å². The van der Waals surface area contributed by atoms with Gasteiger partial charge < -0.3 is 20.1 Å². The van der Waals surface area contributed by atoms with Gasteiger partial charge in [0, 0.05) is 10.6 Å². The minimum absolute atomic E-state index is 0.231. The first kappa shape index (κ1) is 14.7. The summed E-state index contributed by atoms with van der Waals surface area (Å²) in [5, 5.41) is 26.8. The maximum absolute atomic E-state index is 12.2. The largest absolute Gasteiger partial charge is 0.394 e. The van der Waals surface area contributed by atoms with Crippen molar-refractivity contribution in [2.75, 3.05) is 6.61 Å². The summed E-state index contributed by atoms with van der Waals surface area (Å²) in [4.78, 5) is 12.2. The van der Waals surface area contributed by atoms with E-state index in [2.05, 4.69) is 0 Å². The van der Waals surface area contributed by atoms with E-state index in [0.717, 1.165) is 0 Å². The number of hydrogen-bond donors (Lipinski definition) is 3. The first-order valence-corrected chi connectivity index (χ1v) is 6.30. The number of alkyl halides is 1. The summed E-state index contributed by atoms with van der Waals surface area (Å²) < 4.78 is 4.86. The van der Waals surface area contributed by atoms with Crippen molar-refractivity contribution in [2.45, 2.75) is 17.5 Å². The molecule has 0 aliphatic carbocycles. The summed E-state index contributed by atoms with van der Waals surface area (Å²) in [6, 6.07) is 5.93. The predicted octanol–water partition coefficient (Wildman–Crippen LogP) is 0.776. The van der Waals surface area contributed by atoms with Gasteiger partial charge >= 0.3 is 0 Å². The number of benzene rings is 1. The molecule has 1 unspecified atom stereocenters. The van der Waals surface area contributed by atoms with Gasteiger partial charge in [-0.05, 0) is 24.3 Å². The average Bonchev–Trinajstić information content (AvgIpc) is 2.59. The van der Waals surface area contributed by atoms with Crippen LogP contribution in [0.4, 0.5) is 0 Å². The molecular formula is C12H12Cl2O5. The monoisotopic (exact) mass is 306 g/mol. The number of ether oxygens (including phenoxy) is 1. The highest BCUT2D eigenvalue weighted by atomic mass is 35.5. The quantitative estimate of drug-likeness (QED) is 0.567. The number of halogens is 2. The van der Waals surface area contributed by atoms with Crippen molar-refractivity contribution in [1.29, 1.82) is 0 Å². The third-order valence-corrected chi connectivity index (χ3v) is 3.59. The zero-order valence-electron chi connectivity index (χ0n) is 9.66. The molecule has 1 aromatic carbocycles. The van der Waals surface area contributed by atoms with E-state index in [9.17, 15) is 15.0 Å². The number of aliphatic hydroxyl groups is 3. The Hall–Kier alpha value is -0.690. The van der Waals surface area contributed by atoms with Gasteiger partial charge in [0.1, 0.15) is 12.0 Å². The zero-order chi connectivity index (χ0) is 14.2. The molecule has 3 N–H and O–H groups in total. The maximum Gasteiger partial charge on any atom is 0.259 e. The van der Waals surface area contributed by atoms with Gasteiger partial charge in [-0.3, -0.25) is 4.79 Å². The molecule has 19 heavy (non-hydrogen) atoms. The number of aliphatic hydroxyl groups excluding tert-OH is 2. The molecule has 7 heteroatoms. The Bertz CT molecular complexity index is 474. The maximum atomic E-state index is 12.2. The van der Waals surface area contributed by atoms with Crippen molar-refractivity contribution < 1.29 is 24.9 Å². The molecule has 2 rings (SSSR count). The topological polar surface area (TPSA) is 87.0 Å². The van der Waals surface area contributed by atoms with Crippen molar-refractivity contribution >= 4 is 29.0 Å². The molecule has 1 heterocycles. The van der Waals surface area contributed by atoms with Crippen LogP contribution < -0.4 is 0 Å². The summed E-state index contributed by atoms with van der Waals surface area (Å²) in [6.45, 7) is -0.555. The molecule has 1 fully saturated rings. The molecule has 1 aliphatic rings. The summed E-state index contributed by atoms with van der Waals surface area (Å²) in [6.07, 6.45) is -2.50. The van der Waals surface area contributed by atoms with E-state index in [0.29, 0.717) is 5.02 Å². The van der Waals surface area contributed by atoms with Gasteiger partial charge in [-0.2, -0.15) is 0 Å². The predicted molar refractivity (Wildman–Crippen MR) is 68.0 cm³/mol. The second-order valence-electron chi connectivity index (χ2n) is 4.29. The van der Waals surface area contributed by atoms with Crippen LogP contribution in [0.2, 0.25) is 5.02 Å². The molecule has 0 radical (unpaired) electrons. The number of hydrogen-bond acceptors (Lipinski definition) is 5. The molecule has 4 atom stereocenters. The van der Waals surface area contributed by atoms with E-state index in [1.165, 1.54) is 24.3 Å². The molecule has 1 aliphatic heterocycles. The number of rotatable bonds is 3. The first-order valence-electron chi connectivity index (χ1n) is 5.54. The van der Waals surface area contributed by atoms with E-state index >= 15 is 0 Å². The lowest BCUT2D eigenvalue weighted by molar-refractivity contribution is -0.148. The Balaban J connectivity index is 2.29. The molecular weight excluding hydrogens is 295 g/mol. The van der Waals surface area contributed by atoms with Gasteiger partial charge in [-0.1, -0.05) is 23.2 Å². The van der Waals surface area contributed by atoms with E-state index in [1.54, 1.807) is 0 Å². The fourth-order valence-corrected chi connectivity index (χ4v) is 2.50. The standard InChI is InChI=1S/C12H12Cl2O5/c13-7-3-1-6(2-4-7)10(16)9-11(17)8(5-15)19-12(9,14)18/h1-4,8-9,11,15,17-18H,5H2/t8-,9-,11-,12?/m1/s1. The third-order valence-electron chi connectivity index (χ3n) is 3.01. The molecule has 5 nitrogen and oxygen atoms in total. The summed E-state index contributed by atoms with van der Waals surface area (Å²) in [5.41, 5.74) is 0.231. The van der Waals surface area contributed by atoms with E-state index in [4.69, 9.17) is 33.0 Å². The van der Waals surface area contributed by atoms with E-state index in [-0.39, 0.29) is 5.56 Å². The van der Waals surface area contributed by atoms with Gasteiger partial charge in [0.15, 0.2) is 5.78 Å². The van der Waals surface area contributed by atoms with Crippen LogP contribution in [0.25, 0.3) is 0 Å². The molecule has 1 aromatic rings. The first-order chi connectivity index (χ1) is 8.86.